The molecular weight excluding hydrogens is 1080 g/mol. The van der Waals surface area contributed by atoms with Crippen molar-refractivity contribution in [1.29, 1.82) is 0 Å². The summed E-state index contributed by atoms with van der Waals surface area (Å²) in [6.45, 7) is 0. The van der Waals surface area contributed by atoms with Crippen LogP contribution in [0.5, 0.6) is 0 Å². The summed E-state index contributed by atoms with van der Waals surface area (Å²) in [6.07, 6.45) is -4.37. The fraction of sp³-hybridized carbons (Fsp3) is 0.0417. The number of alkyl halides is 6. The van der Waals surface area contributed by atoms with Crippen molar-refractivity contribution in [3.8, 4) is 56.2 Å². The number of nitrogens with zero attached hydrogens (tertiary/aromatic N) is 4. The second-order valence-corrected chi connectivity index (χ2v) is 13.6. The van der Waals surface area contributed by atoms with E-state index >= 15 is 0 Å². The molecule has 2 N–H and O–H groups in total. The maximum Gasteiger partial charge on any atom is 0.417 e. The van der Waals surface area contributed by atoms with Gasteiger partial charge in [0.2, 0.25) is 0 Å². The minimum Gasteiger partial charge on any atom is -0.478 e. The second kappa shape index (κ2) is 21.6. The number of benzene rings is 4. The van der Waals surface area contributed by atoms with Crippen molar-refractivity contribution < 1.29 is 83.8 Å². The van der Waals surface area contributed by atoms with Crippen LogP contribution in [-0.4, -0.2) is 42.1 Å². The van der Waals surface area contributed by atoms with Gasteiger partial charge in [-0.15, -0.1) is 24.3 Å². The van der Waals surface area contributed by atoms with Gasteiger partial charge in [-0.3, -0.25) is 27.5 Å². The Bertz CT molecular complexity index is 2750. The van der Waals surface area contributed by atoms with E-state index in [1.54, 1.807) is 60.9 Å². The zero-order valence-corrected chi connectivity index (χ0v) is 35.9. The van der Waals surface area contributed by atoms with Gasteiger partial charge < -0.3 is 20.2 Å². The summed E-state index contributed by atoms with van der Waals surface area (Å²) in [5.74, 6) is -5.40. The largest absolute Gasteiger partial charge is 0.478 e. The van der Waals surface area contributed by atoms with Crippen LogP contribution in [0, 0.1) is 35.4 Å². The molecule has 1 radical (unpaired) electrons. The van der Waals surface area contributed by atoms with Crippen molar-refractivity contribution in [3.05, 3.63) is 204 Å². The SMILES string of the molecule is Fc1c[c-]c(-c2ccc(C(F)(F)F)cn2)c(F)c1.Fc1c[c-]c(-c2ccc(C(F)(F)F)cn2)c(F)c1.O=C(O)c1ccc(-c2ccc(-c3ccc(-c4ccc(C(=O)O)cc4)cn3)nc2)cc1.[Ir]. The number of rotatable bonds is 7. The number of carboxylic acid groups (broad SMARTS) is 2. The van der Waals surface area contributed by atoms with Crippen LogP contribution in [0.2, 0.25) is 0 Å². The van der Waals surface area contributed by atoms with Gasteiger partial charge in [-0.05, 0) is 58.9 Å². The third-order valence-corrected chi connectivity index (χ3v) is 9.13. The number of hydrogen-bond donors (Lipinski definition) is 2. The number of hydrogen-bond acceptors (Lipinski definition) is 6. The van der Waals surface area contributed by atoms with Gasteiger partial charge in [0.05, 0.1) is 33.6 Å². The average molecular weight is 1100 g/mol. The molecule has 0 aliphatic heterocycles. The molecule has 0 atom stereocenters. The predicted molar refractivity (Wildman–Crippen MR) is 219 cm³/mol. The first-order chi connectivity index (χ1) is 31.3. The van der Waals surface area contributed by atoms with Crippen LogP contribution in [0.25, 0.3) is 56.2 Å². The monoisotopic (exact) mass is 1110 g/mol. The van der Waals surface area contributed by atoms with E-state index in [-0.39, 0.29) is 53.7 Å². The standard InChI is InChI=1S/C24H16N2O4.2C12H5F5N.Ir/c27-23(28)17-5-1-15(2-6-17)19-9-11-21(25-13-19)22-12-10-20(14-26-22)16-3-7-18(8-4-16)24(29)30;2*13-8-2-3-9(10(14)5-8)11-4-1-7(6-18-11)12(15,16)17;/h1-14H,(H,27,28)(H,29,30);2*1-2,4-6H;/q;2*-1;. The van der Waals surface area contributed by atoms with Crippen molar-refractivity contribution in [2.45, 2.75) is 12.4 Å². The van der Waals surface area contributed by atoms with Gasteiger partial charge in [-0.2, -0.15) is 26.3 Å². The molecule has 8 rings (SSSR count). The molecule has 4 aromatic heterocycles. The Kier molecular flexibility index (Phi) is 16.2. The topological polar surface area (TPSA) is 126 Å². The van der Waals surface area contributed by atoms with Crippen molar-refractivity contribution in [2.75, 3.05) is 0 Å². The molecule has 0 aliphatic rings. The first kappa shape index (κ1) is 50.4. The molecule has 8 nitrogen and oxygen atoms in total. The molecule has 0 unspecified atom stereocenters. The molecule has 4 aromatic carbocycles. The summed E-state index contributed by atoms with van der Waals surface area (Å²) in [7, 11) is 0. The number of carbonyl (C=O) groups is 2. The quantitative estimate of drug-likeness (QED) is 0.119. The molecule has 8 aromatic rings. The van der Waals surface area contributed by atoms with Crippen molar-refractivity contribution in [2.24, 2.45) is 0 Å². The van der Waals surface area contributed by atoms with Crippen molar-refractivity contribution >= 4 is 11.9 Å². The van der Waals surface area contributed by atoms with Crippen LogP contribution in [0.1, 0.15) is 31.8 Å². The Labute approximate surface area is 386 Å². The van der Waals surface area contributed by atoms with Crippen LogP contribution in [-0.2, 0) is 32.5 Å². The van der Waals surface area contributed by atoms with Gasteiger partial charge in [0, 0.05) is 79.3 Å². The van der Waals surface area contributed by atoms with Gasteiger partial charge in [0.1, 0.15) is 0 Å². The zero-order valence-electron chi connectivity index (χ0n) is 33.5. The van der Waals surface area contributed by atoms with Crippen molar-refractivity contribution in [3.63, 3.8) is 0 Å². The smallest absolute Gasteiger partial charge is 0.417 e. The third kappa shape index (κ3) is 13.2. The molecule has 19 heteroatoms. The first-order valence-electron chi connectivity index (χ1n) is 18.7. The Morgan fingerprint density at radius 1 is 0.433 bits per heavy atom. The minimum absolute atomic E-state index is 0. The van der Waals surface area contributed by atoms with Crippen LogP contribution in [0.3, 0.4) is 0 Å². The predicted octanol–water partition coefficient (Wildman–Crippen LogP) is 12.6. The van der Waals surface area contributed by atoms with Gasteiger partial charge >= 0.3 is 24.3 Å². The number of aromatic nitrogens is 4. The maximum absolute atomic E-state index is 13.3. The Morgan fingerprint density at radius 3 is 1.00 bits per heavy atom. The average Bonchev–Trinajstić information content (AvgIpc) is 3.29. The van der Waals surface area contributed by atoms with Crippen LogP contribution in [0.15, 0.2) is 146 Å². The van der Waals surface area contributed by atoms with E-state index in [0.717, 1.165) is 58.7 Å². The number of pyridine rings is 4. The van der Waals surface area contributed by atoms with E-state index in [1.165, 1.54) is 0 Å². The first-order valence-corrected chi connectivity index (χ1v) is 18.7. The molecule has 0 saturated heterocycles. The summed E-state index contributed by atoms with van der Waals surface area (Å²) in [5, 5.41) is 18.0. The molecule has 0 spiro atoms. The van der Waals surface area contributed by atoms with Gasteiger partial charge in [0.25, 0.3) is 0 Å². The molecule has 0 bridgehead atoms. The van der Waals surface area contributed by atoms with Crippen molar-refractivity contribution in [1.82, 2.24) is 19.9 Å². The molecule has 0 aliphatic carbocycles. The number of halogens is 10. The summed E-state index contributed by atoms with van der Waals surface area (Å²) in [6, 6.07) is 32.0. The van der Waals surface area contributed by atoms with Crippen LogP contribution in [0.4, 0.5) is 43.9 Å². The molecule has 343 valence electrons. The van der Waals surface area contributed by atoms with E-state index in [2.05, 4.69) is 32.1 Å². The summed E-state index contributed by atoms with van der Waals surface area (Å²) in [4.78, 5) is 37.9. The molecule has 67 heavy (non-hydrogen) atoms. The number of aromatic carboxylic acids is 2. The molecule has 4 heterocycles. The second-order valence-electron chi connectivity index (χ2n) is 13.6. The van der Waals surface area contributed by atoms with E-state index < -0.39 is 58.7 Å². The van der Waals surface area contributed by atoms with E-state index in [1.807, 2.05) is 24.3 Å². The fourth-order valence-electron chi connectivity index (χ4n) is 5.74. The Hall–Kier alpha value is -7.63. The normalized spacial score (nSPS) is 11.0. The van der Waals surface area contributed by atoms with E-state index in [4.69, 9.17) is 10.2 Å². The molecule has 0 saturated carbocycles. The molecule has 0 fully saturated rings. The summed E-state index contributed by atoms with van der Waals surface area (Å²) in [5.41, 5.74) is 3.13. The molecule has 0 amide bonds. The minimum atomic E-state index is -4.50. The zero-order chi connectivity index (χ0) is 47.8. The van der Waals surface area contributed by atoms with E-state index in [0.29, 0.717) is 35.9 Å². The van der Waals surface area contributed by atoms with Gasteiger partial charge in [-0.1, -0.05) is 83.9 Å². The van der Waals surface area contributed by atoms with Gasteiger partial charge in [0.15, 0.2) is 0 Å². The van der Waals surface area contributed by atoms with E-state index in [9.17, 15) is 53.5 Å². The Morgan fingerprint density at radius 2 is 0.746 bits per heavy atom. The maximum atomic E-state index is 13.3. The summed E-state index contributed by atoms with van der Waals surface area (Å²) >= 11 is 0. The molecular formula is C48H26F10IrN4O4-2. The van der Waals surface area contributed by atoms with Gasteiger partial charge in [-0.25, -0.2) is 9.59 Å². The van der Waals surface area contributed by atoms with Crippen LogP contribution >= 0.6 is 0 Å². The summed E-state index contributed by atoms with van der Waals surface area (Å²) < 4.78 is 126. The number of carboxylic acids is 2. The third-order valence-electron chi connectivity index (χ3n) is 9.13. The Balaban J connectivity index is 0.000000197. The van der Waals surface area contributed by atoms with Crippen LogP contribution < -0.4 is 0 Å². The fourth-order valence-corrected chi connectivity index (χ4v) is 5.74.